The Hall–Kier alpha value is -2.70. The summed E-state index contributed by atoms with van der Waals surface area (Å²) >= 11 is 0. The summed E-state index contributed by atoms with van der Waals surface area (Å²) in [6, 6.07) is 8.26. The SMILES string of the molecule is Cc1ccccc1C(=O)N1CCCC[C@H]1CCn1cc(C(=O)NC2CC2)nn1. The van der Waals surface area contributed by atoms with Gasteiger partial charge in [-0.2, -0.15) is 0 Å². The molecule has 2 fully saturated rings. The van der Waals surface area contributed by atoms with Crippen LogP contribution in [0.25, 0.3) is 0 Å². The first-order chi connectivity index (χ1) is 13.6. The van der Waals surface area contributed by atoms with E-state index in [9.17, 15) is 9.59 Å². The number of aromatic nitrogens is 3. The molecule has 1 aromatic heterocycles. The van der Waals surface area contributed by atoms with Gasteiger partial charge in [0, 0.05) is 30.7 Å². The molecule has 1 saturated heterocycles. The molecule has 1 N–H and O–H groups in total. The van der Waals surface area contributed by atoms with Crippen molar-refractivity contribution in [3.8, 4) is 0 Å². The number of benzene rings is 1. The zero-order chi connectivity index (χ0) is 19.5. The number of aryl methyl sites for hydroxylation is 2. The highest BCUT2D eigenvalue weighted by Gasteiger charge is 2.28. The number of rotatable bonds is 6. The van der Waals surface area contributed by atoms with Crippen molar-refractivity contribution in [3.05, 3.63) is 47.3 Å². The molecule has 2 aromatic rings. The van der Waals surface area contributed by atoms with Gasteiger partial charge in [-0.25, -0.2) is 0 Å². The molecule has 2 amide bonds. The maximum absolute atomic E-state index is 13.1. The van der Waals surface area contributed by atoms with Gasteiger partial charge in [0.15, 0.2) is 5.69 Å². The van der Waals surface area contributed by atoms with E-state index in [2.05, 4.69) is 15.6 Å². The van der Waals surface area contributed by atoms with Crippen LogP contribution in [0, 0.1) is 6.92 Å². The Labute approximate surface area is 165 Å². The van der Waals surface area contributed by atoms with Gasteiger partial charge in [0.25, 0.3) is 11.8 Å². The van der Waals surface area contributed by atoms with Crippen LogP contribution in [0.5, 0.6) is 0 Å². The predicted octanol–water partition coefficient (Wildman–Crippen LogP) is 2.56. The predicted molar refractivity (Wildman–Crippen MR) is 105 cm³/mol. The summed E-state index contributed by atoms with van der Waals surface area (Å²) < 4.78 is 1.72. The molecule has 0 unspecified atom stereocenters. The lowest BCUT2D eigenvalue weighted by Gasteiger charge is -2.36. The molecule has 2 heterocycles. The van der Waals surface area contributed by atoms with Crippen molar-refractivity contribution in [2.75, 3.05) is 6.54 Å². The summed E-state index contributed by atoms with van der Waals surface area (Å²) in [6.07, 6.45) is 7.79. The maximum Gasteiger partial charge on any atom is 0.273 e. The van der Waals surface area contributed by atoms with E-state index >= 15 is 0 Å². The number of likely N-dealkylation sites (tertiary alicyclic amines) is 1. The lowest BCUT2D eigenvalue weighted by Crippen LogP contribution is -2.44. The van der Waals surface area contributed by atoms with Crippen LogP contribution in [-0.2, 0) is 6.54 Å². The second-order valence-corrected chi connectivity index (χ2v) is 7.87. The summed E-state index contributed by atoms with van der Waals surface area (Å²) in [7, 11) is 0. The van der Waals surface area contributed by atoms with Gasteiger partial charge in [-0.05, 0) is 57.1 Å². The van der Waals surface area contributed by atoms with E-state index in [4.69, 9.17) is 0 Å². The largest absolute Gasteiger partial charge is 0.348 e. The number of nitrogens with zero attached hydrogens (tertiary/aromatic N) is 4. The summed E-state index contributed by atoms with van der Waals surface area (Å²) in [5.74, 6) is -0.0336. The quantitative estimate of drug-likeness (QED) is 0.834. The number of carbonyl (C=O) groups excluding carboxylic acids is 2. The fourth-order valence-electron chi connectivity index (χ4n) is 3.82. The van der Waals surface area contributed by atoms with Crippen molar-refractivity contribution in [2.24, 2.45) is 0 Å². The number of piperidine rings is 1. The van der Waals surface area contributed by atoms with Gasteiger partial charge >= 0.3 is 0 Å². The van der Waals surface area contributed by atoms with Crippen molar-refractivity contribution in [2.45, 2.75) is 64.1 Å². The van der Waals surface area contributed by atoms with Crippen LogP contribution in [0.15, 0.2) is 30.5 Å². The molecule has 0 radical (unpaired) electrons. The van der Waals surface area contributed by atoms with Crippen LogP contribution >= 0.6 is 0 Å². The first kappa shape index (κ1) is 18.7. The highest BCUT2D eigenvalue weighted by Crippen LogP contribution is 2.24. The summed E-state index contributed by atoms with van der Waals surface area (Å²) in [5, 5.41) is 11.0. The first-order valence-corrected chi connectivity index (χ1v) is 10.2. The minimum atomic E-state index is -0.150. The third-order valence-electron chi connectivity index (χ3n) is 5.64. The van der Waals surface area contributed by atoms with Crippen LogP contribution in [0.3, 0.4) is 0 Å². The normalized spacial score (nSPS) is 19.5. The number of hydrogen-bond acceptors (Lipinski definition) is 4. The van der Waals surface area contributed by atoms with E-state index in [1.807, 2.05) is 36.1 Å². The Morgan fingerprint density at radius 3 is 2.79 bits per heavy atom. The monoisotopic (exact) mass is 381 g/mol. The molecule has 148 valence electrons. The Bertz CT molecular complexity index is 858. The van der Waals surface area contributed by atoms with Gasteiger partial charge in [0.1, 0.15) is 0 Å². The molecule has 1 aliphatic heterocycles. The molecule has 4 rings (SSSR count). The van der Waals surface area contributed by atoms with E-state index in [1.54, 1.807) is 10.9 Å². The minimum Gasteiger partial charge on any atom is -0.348 e. The average molecular weight is 381 g/mol. The Balaban J connectivity index is 1.38. The number of amides is 2. The standard InChI is InChI=1S/C21H27N5O2/c1-15-6-2-3-8-18(15)21(28)26-12-5-4-7-17(26)11-13-25-14-19(23-24-25)20(27)22-16-9-10-16/h2-3,6,8,14,16-17H,4-5,7,9-13H2,1H3,(H,22,27)/t17-/m0/s1. The highest BCUT2D eigenvalue weighted by molar-refractivity contribution is 5.96. The first-order valence-electron chi connectivity index (χ1n) is 10.2. The van der Waals surface area contributed by atoms with Crippen molar-refractivity contribution in [1.82, 2.24) is 25.2 Å². The topological polar surface area (TPSA) is 80.1 Å². The van der Waals surface area contributed by atoms with Gasteiger partial charge in [-0.3, -0.25) is 14.3 Å². The molecule has 1 aromatic carbocycles. The average Bonchev–Trinajstić information content (AvgIpc) is 3.39. The molecular weight excluding hydrogens is 354 g/mol. The van der Waals surface area contributed by atoms with Crippen LogP contribution in [0.2, 0.25) is 0 Å². The van der Waals surface area contributed by atoms with Crippen LogP contribution < -0.4 is 5.32 Å². The molecule has 0 spiro atoms. The van der Waals surface area contributed by atoms with E-state index in [1.165, 1.54) is 0 Å². The van der Waals surface area contributed by atoms with Crippen molar-refractivity contribution in [3.63, 3.8) is 0 Å². The van der Waals surface area contributed by atoms with Gasteiger partial charge in [0.05, 0.1) is 6.20 Å². The molecule has 1 atom stereocenters. The van der Waals surface area contributed by atoms with E-state index in [0.717, 1.165) is 56.2 Å². The van der Waals surface area contributed by atoms with Gasteiger partial charge in [-0.1, -0.05) is 23.4 Å². The van der Waals surface area contributed by atoms with E-state index < -0.39 is 0 Å². The Kier molecular flexibility index (Phi) is 5.41. The summed E-state index contributed by atoms with van der Waals surface area (Å²) in [6.45, 7) is 3.42. The van der Waals surface area contributed by atoms with Gasteiger partial charge in [0.2, 0.25) is 0 Å². The zero-order valence-electron chi connectivity index (χ0n) is 16.3. The highest BCUT2D eigenvalue weighted by atomic mass is 16.2. The fraction of sp³-hybridized carbons (Fsp3) is 0.524. The zero-order valence-corrected chi connectivity index (χ0v) is 16.3. The third kappa shape index (κ3) is 4.24. The molecule has 7 heteroatoms. The molecule has 1 saturated carbocycles. The number of carbonyl (C=O) groups is 2. The molecular formula is C21H27N5O2. The molecule has 7 nitrogen and oxygen atoms in total. The van der Waals surface area contributed by atoms with Crippen LogP contribution in [0.4, 0.5) is 0 Å². The van der Waals surface area contributed by atoms with Gasteiger partial charge in [-0.15, -0.1) is 5.10 Å². The second kappa shape index (κ2) is 8.12. The Morgan fingerprint density at radius 2 is 2.00 bits per heavy atom. The third-order valence-corrected chi connectivity index (χ3v) is 5.64. The smallest absolute Gasteiger partial charge is 0.273 e. The number of hydrogen-bond donors (Lipinski definition) is 1. The number of nitrogens with one attached hydrogen (secondary N) is 1. The van der Waals surface area contributed by atoms with E-state index in [-0.39, 0.29) is 17.9 Å². The van der Waals surface area contributed by atoms with Crippen molar-refractivity contribution < 1.29 is 9.59 Å². The van der Waals surface area contributed by atoms with Crippen molar-refractivity contribution >= 4 is 11.8 Å². The summed E-state index contributed by atoms with van der Waals surface area (Å²) in [4.78, 5) is 27.2. The summed E-state index contributed by atoms with van der Waals surface area (Å²) in [5.41, 5.74) is 2.16. The molecule has 28 heavy (non-hydrogen) atoms. The van der Waals surface area contributed by atoms with Crippen molar-refractivity contribution in [1.29, 1.82) is 0 Å². The lowest BCUT2D eigenvalue weighted by molar-refractivity contribution is 0.0593. The van der Waals surface area contributed by atoms with Gasteiger partial charge < -0.3 is 10.2 Å². The second-order valence-electron chi connectivity index (χ2n) is 7.87. The lowest BCUT2D eigenvalue weighted by atomic mass is 9.97. The molecule has 0 bridgehead atoms. The van der Waals surface area contributed by atoms with Crippen LogP contribution in [0.1, 0.15) is 64.9 Å². The minimum absolute atomic E-state index is 0.117. The van der Waals surface area contributed by atoms with E-state index in [0.29, 0.717) is 18.3 Å². The van der Waals surface area contributed by atoms with Crippen LogP contribution in [-0.4, -0.2) is 50.3 Å². The Morgan fingerprint density at radius 1 is 1.18 bits per heavy atom. The molecule has 1 aliphatic carbocycles. The maximum atomic E-state index is 13.1. The fourth-order valence-corrected chi connectivity index (χ4v) is 3.82. The molecule has 2 aliphatic rings.